The van der Waals surface area contributed by atoms with Crippen molar-refractivity contribution < 1.29 is 19.4 Å². The van der Waals surface area contributed by atoms with Gasteiger partial charge in [-0.05, 0) is 48.2 Å². The van der Waals surface area contributed by atoms with Crippen LogP contribution in [-0.4, -0.2) is 23.6 Å². The van der Waals surface area contributed by atoms with Crippen molar-refractivity contribution in [1.29, 1.82) is 0 Å². The van der Waals surface area contributed by atoms with Gasteiger partial charge in [0.2, 0.25) is 0 Å². The Kier molecular flexibility index (Phi) is 4.43. The molecule has 0 saturated carbocycles. The predicted molar refractivity (Wildman–Crippen MR) is 95.9 cm³/mol. The number of aromatic carboxylic acids is 1. The fraction of sp³-hybridized carbons (Fsp3) is 0.263. The van der Waals surface area contributed by atoms with Crippen LogP contribution in [0.3, 0.4) is 0 Å². The fourth-order valence-corrected chi connectivity index (χ4v) is 3.39. The van der Waals surface area contributed by atoms with Crippen molar-refractivity contribution in [3.63, 3.8) is 0 Å². The van der Waals surface area contributed by atoms with Gasteiger partial charge in [0.05, 0.1) is 12.2 Å². The first-order valence-corrected chi connectivity index (χ1v) is 8.27. The summed E-state index contributed by atoms with van der Waals surface area (Å²) in [6.07, 6.45) is 0.862. The molecule has 0 bridgehead atoms. The van der Waals surface area contributed by atoms with Crippen molar-refractivity contribution in [2.45, 2.75) is 25.7 Å². The molecule has 1 aliphatic rings. The van der Waals surface area contributed by atoms with E-state index in [1.165, 1.54) is 12.1 Å². The first-order chi connectivity index (χ1) is 11.8. The summed E-state index contributed by atoms with van der Waals surface area (Å²) in [7, 11) is 0. The molecule has 3 rings (SSSR count). The monoisotopic (exact) mass is 359 g/mol. The van der Waals surface area contributed by atoms with Gasteiger partial charge in [-0.2, -0.15) is 0 Å². The summed E-state index contributed by atoms with van der Waals surface area (Å²) in [5, 5.41) is 12.1. The molecule has 6 heteroatoms. The van der Waals surface area contributed by atoms with Crippen molar-refractivity contribution in [2.24, 2.45) is 0 Å². The molecule has 0 unspecified atom stereocenters. The lowest BCUT2D eigenvalue weighted by molar-refractivity contribution is 0.0696. The summed E-state index contributed by atoms with van der Waals surface area (Å²) in [6.45, 7) is 4.78. The molecule has 1 amide bonds. The number of nitrogens with one attached hydrogen (secondary N) is 1. The molecule has 5 nitrogen and oxygen atoms in total. The Morgan fingerprint density at radius 1 is 1.16 bits per heavy atom. The molecule has 2 aromatic carbocycles. The van der Waals surface area contributed by atoms with Crippen molar-refractivity contribution in [1.82, 2.24) is 0 Å². The fourth-order valence-electron chi connectivity index (χ4n) is 2.92. The number of ether oxygens (including phenoxy) is 1. The Morgan fingerprint density at radius 2 is 1.84 bits per heavy atom. The maximum atomic E-state index is 12.5. The lowest BCUT2D eigenvalue weighted by atomic mass is 9.79. The number of halogens is 1. The Hall–Kier alpha value is -2.53. The van der Waals surface area contributed by atoms with E-state index >= 15 is 0 Å². The van der Waals surface area contributed by atoms with Crippen molar-refractivity contribution in [2.75, 3.05) is 11.9 Å². The van der Waals surface area contributed by atoms with Crippen LogP contribution in [0.2, 0.25) is 5.02 Å². The average molecular weight is 360 g/mol. The topological polar surface area (TPSA) is 75.6 Å². The molecule has 1 heterocycles. The van der Waals surface area contributed by atoms with Crippen LogP contribution in [0.5, 0.6) is 5.75 Å². The second-order valence-corrected chi connectivity index (χ2v) is 7.06. The van der Waals surface area contributed by atoms with Crippen LogP contribution < -0.4 is 10.1 Å². The number of amides is 1. The Bertz CT molecular complexity index is 843. The van der Waals surface area contributed by atoms with Gasteiger partial charge in [-0.15, -0.1) is 0 Å². The number of hydrogen-bond acceptors (Lipinski definition) is 3. The van der Waals surface area contributed by atoms with Gasteiger partial charge in [-0.25, -0.2) is 4.79 Å². The van der Waals surface area contributed by atoms with Crippen LogP contribution in [-0.2, 0) is 5.41 Å². The highest BCUT2D eigenvalue weighted by Gasteiger charge is 2.32. The SMILES string of the molecule is CC1(C)CCOc2cc(C(=O)Nc3ccc(C(=O)O)cc3)cc(Cl)c21. The Balaban J connectivity index is 1.86. The minimum absolute atomic E-state index is 0.105. The lowest BCUT2D eigenvalue weighted by Crippen LogP contribution is -2.27. The first-order valence-electron chi connectivity index (χ1n) is 7.89. The second-order valence-electron chi connectivity index (χ2n) is 6.65. The van der Waals surface area contributed by atoms with E-state index in [0.717, 1.165) is 12.0 Å². The van der Waals surface area contributed by atoms with E-state index in [-0.39, 0.29) is 16.9 Å². The van der Waals surface area contributed by atoms with E-state index in [1.807, 2.05) is 0 Å². The van der Waals surface area contributed by atoms with E-state index in [9.17, 15) is 9.59 Å². The van der Waals surface area contributed by atoms with Crippen LogP contribution in [0.25, 0.3) is 0 Å². The first kappa shape index (κ1) is 17.3. The number of rotatable bonds is 3. The van der Waals surface area contributed by atoms with Gasteiger partial charge < -0.3 is 15.2 Å². The zero-order valence-corrected chi connectivity index (χ0v) is 14.7. The zero-order chi connectivity index (χ0) is 18.2. The van der Waals surface area contributed by atoms with Gasteiger partial charge in [-0.1, -0.05) is 25.4 Å². The Morgan fingerprint density at radius 3 is 2.48 bits per heavy atom. The predicted octanol–water partition coefficient (Wildman–Crippen LogP) is 4.35. The third-order valence-corrected chi connectivity index (χ3v) is 4.67. The molecule has 2 N–H and O–H groups in total. The second kappa shape index (κ2) is 6.41. The van der Waals surface area contributed by atoms with Gasteiger partial charge in [0.15, 0.2) is 0 Å². The largest absolute Gasteiger partial charge is 0.493 e. The third kappa shape index (κ3) is 3.46. The molecule has 0 aliphatic carbocycles. The number of carboxylic acids is 1. The number of anilines is 1. The van der Waals surface area contributed by atoms with E-state index in [0.29, 0.717) is 28.6 Å². The van der Waals surface area contributed by atoms with Gasteiger partial charge in [0.25, 0.3) is 5.91 Å². The smallest absolute Gasteiger partial charge is 0.335 e. The quantitative estimate of drug-likeness (QED) is 0.854. The molecule has 130 valence electrons. The van der Waals surface area contributed by atoms with E-state index in [4.69, 9.17) is 21.4 Å². The summed E-state index contributed by atoms with van der Waals surface area (Å²) < 4.78 is 5.69. The molecule has 0 atom stereocenters. The summed E-state index contributed by atoms with van der Waals surface area (Å²) in [5.41, 5.74) is 1.87. The maximum Gasteiger partial charge on any atom is 0.335 e. The molecule has 0 spiro atoms. The maximum absolute atomic E-state index is 12.5. The number of benzene rings is 2. The lowest BCUT2D eigenvalue weighted by Gasteiger charge is -2.33. The third-order valence-electron chi connectivity index (χ3n) is 4.37. The summed E-state index contributed by atoms with van der Waals surface area (Å²) >= 11 is 6.41. The molecule has 0 radical (unpaired) electrons. The summed E-state index contributed by atoms with van der Waals surface area (Å²) in [6, 6.07) is 9.29. The molecule has 0 saturated heterocycles. The van der Waals surface area contributed by atoms with Gasteiger partial charge >= 0.3 is 5.97 Å². The molecular weight excluding hydrogens is 342 g/mol. The van der Waals surface area contributed by atoms with Gasteiger partial charge in [0, 0.05) is 21.8 Å². The number of fused-ring (bicyclic) bond motifs is 1. The van der Waals surface area contributed by atoms with Crippen LogP contribution >= 0.6 is 11.6 Å². The van der Waals surface area contributed by atoms with E-state index < -0.39 is 5.97 Å². The molecule has 0 fully saturated rings. The number of carbonyl (C=O) groups is 2. The van der Waals surface area contributed by atoms with Crippen molar-refractivity contribution in [3.05, 3.63) is 58.1 Å². The molecule has 2 aromatic rings. The number of hydrogen-bond donors (Lipinski definition) is 2. The van der Waals surface area contributed by atoms with Crippen LogP contribution in [0.15, 0.2) is 36.4 Å². The van der Waals surface area contributed by atoms with Crippen molar-refractivity contribution >= 4 is 29.2 Å². The van der Waals surface area contributed by atoms with Gasteiger partial charge in [0.1, 0.15) is 5.75 Å². The zero-order valence-electron chi connectivity index (χ0n) is 13.9. The molecular formula is C19H18ClNO4. The standard InChI is InChI=1S/C19H18ClNO4/c1-19(2)7-8-25-15-10-12(9-14(20)16(15)19)17(22)21-13-5-3-11(4-6-13)18(23)24/h3-6,9-10H,7-8H2,1-2H3,(H,21,22)(H,23,24). The van der Waals surface area contributed by atoms with Crippen LogP contribution in [0.1, 0.15) is 46.5 Å². The molecule has 0 aromatic heterocycles. The minimum Gasteiger partial charge on any atom is -0.493 e. The summed E-state index contributed by atoms with van der Waals surface area (Å²) in [4.78, 5) is 23.4. The highest BCUT2D eigenvalue weighted by Crippen LogP contribution is 2.43. The van der Waals surface area contributed by atoms with Crippen LogP contribution in [0.4, 0.5) is 5.69 Å². The molecule has 1 aliphatic heterocycles. The average Bonchev–Trinajstić information content (AvgIpc) is 2.54. The number of carbonyl (C=O) groups excluding carboxylic acids is 1. The van der Waals surface area contributed by atoms with Crippen molar-refractivity contribution in [3.8, 4) is 5.75 Å². The number of carboxylic acid groups (broad SMARTS) is 1. The Labute approximate surface area is 150 Å². The highest BCUT2D eigenvalue weighted by atomic mass is 35.5. The minimum atomic E-state index is -1.01. The summed E-state index contributed by atoms with van der Waals surface area (Å²) in [5.74, 6) is -0.714. The van der Waals surface area contributed by atoms with Gasteiger partial charge in [-0.3, -0.25) is 4.79 Å². The van der Waals surface area contributed by atoms with E-state index in [1.54, 1.807) is 24.3 Å². The highest BCUT2D eigenvalue weighted by molar-refractivity contribution is 6.32. The normalized spacial score (nSPS) is 15.0. The molecule has 25 heavy (non-hydrogen) atoms. The van der Waals surface area contributed by atoms with E-state index in [2.05, 4.69) is 19.2 Å². The van der Waals surface area contributed by atoms with Crippen LogP contribution in [0, 0.1) is 0 Å².